The van der Waals surface area contributed by atoms with Gasteiger partial charge in [0.15, 0.2) is 5.82 Å². The van der Waals surface area contributed by atoms with Gasteiger partial charge in [0.2, 0.25) is 10.0 Å². The van der Waals surface area contributed by atoms with Crippen molar-refractivity contribution >= 4 is 32.5 Å². The third-order valence-electron chi connectivity index (χ3n) is 7.38. The van der Waals surface area contributed by atoms with E-state index in [9.17, 15) is 8.42 Å². The topological polar surface area (TPSA) is 107 Å². The highest BCUT2D eigenvalue weighted by Gasteiger charge is 2.25. The lowest BCUT2D eigenvalue weighted by atomic mass is 10.1. The molecule has 4 aromatic rings. The molecule has 0 saturated carbocycles. The van der Waals surface area contributed by atoms with Crippen LogP contribution in [0.15, 0.2) is 54.7 Å². The number of sulfonamides is 1. The number of hydrogen-bond donors (Lipinski definition) is 3. The van der Waals surface area contributed by atoms with Crippen molar-refractivity contribution in [2.75, 3.05) is 18.8 Å². The van der Waals surface area contributed by atoms with Crippen molar-refractivity contribution in [2.45, 2.75) is 57.5 Å². The molecule has 8 nitrogen and oxygen atoms in total. The summed E-state index contributed by atoms with van der Waals surface area (Å²) in [5.74, 6) is 1.23. The van der Waals surface area contributed by atoms with Gasteiger partial charge in [0.05, 0.1) is 11.8 Å². The van der Waals surface area contributed by atoms with Crippen LogP contribution in [0.1, 0.15) is 61.4 Å². The number of rotatable bonds is 12. The maximum atomic E-state index is 13.1. The van der Waals surface area contributed by atoms with Crippen LogP contribution >= 0.6 is 11.6 Å². The molecule has 38 heavy (non-hydrogen) atoms. The van der Waals surface area contributed by atoms with E-state index in [1.807, 2.05) is 54.7 Å². The molecule has 3 N–H and O–H groups in total. The first kappa shape index (κ1) is 26.9. The standard InChI is InChI=1S/C28H35ClN6O2S/c1-20-7-5-14-35(20)15-6-16-38(36,37)34-26(12-10-21-8-3-2-4-9-21)28-31-27(32-33-28)17-22-19-30-25-13-11-23(29)18-24(22)25/h2-4,8-9,11,13,18-20,26,30,34H,5-7,10,12,14-17H2,1H3,(H,31,32,33)/t20-,26-/m1/s1. The lowest BCUT2D eigenvalue weighted by molar-refractivity contribution is 0.269. The van der Waals surface area contributed by atoms with Gasteiger partial charge in [-0.15, -0.1) is 0 Å². The van der Waals surface area contributed by atoms with Gasteiger partial charge in [-0.05, 0) is 81.4 Å². The predicted molar refractivity (Wildman–Crippen MR) is 152 cm³/mol. The zero-order valence-corrected chi connectivity index (χ0v) is 23.2. The fourth-order valence-corrected chi connectivity index (χ4v) is 6.73. The fraction of sp³-hybridized carbons (Fsp3) is 0.429. The second kappa shape index (κ2) is 12.0. The van der Waals surface area contributed by atoms with E-state index in [2.05, 4.69) is 31.7 Å². The number of aromatic nitrogens is 4. The SMILES string of the molecule is C[C@@H]1CCCN1CCCS(=O)(=O)N[C@H](CCc1ccccc1)c1n[nH]c(Cc2c[nH]c3ccc(Cl)cc23)n1. The van der Waals surface area contributed by atoms with Crippen LogP contribution < -0.4 is 4.72 Å². The Bertz CT molecular complexity index is 1450. The van der Waals surface area contributed by atoms with Crippen molar-refractivity contribution in [1.82, 2.24) is 29.8 Å². The minimum Gasteiger partial charge on any atom is -0.361 e. The molecule has 0 unspecified atom stereocenters. The van der Waals surface area contributed by atoms with Gasteiger partial charge in [-0.1, -0.05) is 41.9 Å². The van der Waals surface area contributed by atoms with Crippen molar-refractivity contribution < 1.29 is 8.42 Å². The summed E-state index contributed by atoms with van der Waals surface area (Å²) in [6, 6.07) is 15.8. The molecule has 1 fully saturated rings. The van der Waals surface area contributed by atoms with Crippen LogP contribution in [-0.2, 0) is 22.9 Å². The van der Waals surface area contributed by atoms with Crippen molar-refractivity contribution in [2.24, 2.45) is 0 Å². The van der Waals surface area contributed by atoms with Gasteiger partial charge in [-0.25, -0.2) is 18.1 Å². The summed E-state index contributed by atoms with van der Waals surface area (Å²) >= 11 is 6.21. The Labute approximate surface area is 229 Å². The number of aryl methyl sites for hydroxylation is 1. The summed E-state index contributed by atoms with van der Waals surface area (Å²) in [5, 5.41) is 9.16. The Kier molecular flexibility index (Phi) is 8.48. The van der Waals surface area contributed by atoms with Gasteiger partial charge in [-0.3, -0.25) is 5.10 Å². The minimum absolute atomic E-state index is 0.0887. The van der Waals surface area contributed by atoms with Crippen LogP contribution in [0, 0.1) is 0 Å². The number of aromatic amines is 2. The van der Waals surface area contributed by atoms with E-state index in [0.717, 1.165) is 35.1 Å². The molecule has 2 atom stereocenters. The molecule has 0 radical (unpaired) electrons. The molecule has 0 spiro atoms. The van der Waals surface area contributed by atoms with Crippen LogP contribution in [0.3, 0.4) is 0 Å². The highest BCUT2D eigenvalue weighted by molar-refractivity contribution is 7.89. The van der Waals surface area contributed by atoms with Gasteiger partial charge < -0.3 is 9.88 Å². The molecule has 0 aliphatic carbocycles. The Morgan fingerprint density at radius 1 is 1.21 bits per heavy atom. The van der Waals surface area contributed by atoms with E-state index in [4.69, 9.17) is 16.6 Å². The first-order valence-electron chi connectivity index (χ1n) is 13.3. The Morgan fingerprint density at radius 3 is 2.84 bits per heavy atom. The fourth-order valence-electron chi connectivity index (χ4n) is 5.28. The molecule has 10 heteroatoms. The van der Waals surface area contributed by atoms with Gasteiger partial charge in [0.25, 0.3) is 0 Å². The van der Waals surface area contributed by atoms with Crippen LogP contribution in [0.2, 0.25) is 5.02 Å². The molecule has 1 saturated heterocycles. The lowest BCUT2D eigenvalue weighted by Gasteiger charge is -2.21. The monoisotopic (exact) mass is 554 g/mol. The molecule has 2 aromatic heterocycles. The van der Waals surface area contributed by atoms with E-state index in [0.29, 0.717) is 48.4 Å². The molecule has 0 amide bonds. The Hall–Kier alpha value is -2.72. The molecule has 1 aliphatic heterocycles. The highest BCUT2D eigenvalue weighted by Crippen LogP contribution is 2.25. The predicted octanol–water partition coefficient (Wildman–Crippen LogP) is 5.00. The number of benzene rings is 2. The van der Waals surface area contributed by atoms with E-state index >= 15 is 0 Å². The van der Waals surface area contributed by atoms with Gasteiger partial charge in [0, 0.05) is 34.6 Å². The molecule has 1 aliphatic rings. The summed E-state index contributed by atoms with van der Waals surface area (Å²) in [6.07, 6.45) is 6.72. The molecule has 202 valence electrons. The van der Waals surface area contributed by atoms with Crippen LogP contribution in [-0.4, -0.2) is 58.4 Å². The zero-order valence-electron chi connectivity index (χ0n) is 21.7. The number of H-pyrrole nitrogens is 2. The van der Waals surface area contributed by atoms with Crippen molar-refractivity contribution in [3.05, 3.63) is 82.5 Å². The van der Waals surface area contributed by atoms with E-state index in [1.165, 1.54) is 12.8 Å². The maximum Gasteiger partial charge on any atom is 0.212 e. The molecular weight excluding hydrogens is 520 g/mol. The summed E-state index contributed by atoms with van der Waals surface area (Å²) in [7, 11) is -3.51. The summed E-state index contributed by atoms with van der Waals surface area (Å²) in [4.78, 5) is 10.4. The van der Waals surface area contributed by atoms with E-state index < -0.39 is 16.1 Å². The van der Waals surface area contributed by atoms with Gasteiger partial charge >= 0.3 is 0 Å². The largest absolute Gasteiger partial charge is 0.361 e. The van der Waals surface area contributed by atoms with Crippen molar-refractivity contribution in [1.29, 1.82) is 0 Å². The second-order valence-corrected chi connectivity index (χ2v) is 12.5. The summed E-state index contributed by atoms with van der Waals surface area (Å²) < 4.78 is 29.1. The molecule has 5 rings (SSSR count). The second-order valence-electron chi connectivity index (χ2n) is 10.2. The third kappa shape index (κ3) is 6.83. The number of likely N-dealkylation sites (tertiary alicyclic amines) is 1. The molecular formula is C28H35ClN6O2S. The highest BCUT2D eigenvalue weighted by atomic mass is 35.5. The van der Waals surface area contributed by atoms with Crippen LogP contribution in [0.4, 0.5) is 0 Å². The average Bonchev–Trinajstić information content (AvgIpc) is 3.64. The minimum atomic E-state index is -3.51. The number of nitrogens with zero attached hydrogens (tertiary/aromatic N) is 3. The summed E-state index contributed by atoms with van der Waals surface area (Å²) in [5.41, 5.74) is 3.19. The van der Waals surface area contributed by atoms with Crippen molar-refractivity contribution in [3.63, 3.8) is 0 Å². The Morgan fingerprint density at radius 2 is 2.05 bits per heavy atom. The zero-order chi connectivity index (χ0) is 26.5. The Balaban J connectivity index is 1.29. The summed E-state index contributed by atoms with van der Waals surface area (Å²) in [6.45, 7) is 4.07. The smallest absolute Gasteiger partial charge is 0.212 e. The van der Waals surface area contributed by atoms with Gasteiger partial charge in [-0.2, -0.15) is 5.10 Å². The van der Waals surface area contributed by atoms with E-state index in [1.54, 1.807) is 0 Å². The average molecular weight is 555 g/mol. The number of halogens is 1. The third-order valence-corrected chi connectivity index (χ3v) is 9.09. The normalized spacial score (nSPS) is 17.4. The number of nitrogens with one attached hydrogen (secondary N) is 3. The first-order valence-corrected chi connectivity index (χ1v) is 15.3. The van der Waals surface area contributed by atoms with Crippen LogP contribution in [0.25, 0.3) is 10.9 Å². The quantitative estimate of drug-likeness (QED) is 0.228. The van der Waals surface area contributed by atoms with Crippen LogP contribution in [0.5, 0.6) is 0 Å². The molecule has 3 heterocycles. The van der Waals surface area contributed by atoms with E-state index in [-0.39, 0.29) is 5.75 Å². The maximum absolute atomic E-state index is 13.1. The number of fused-ring (bicyclic) bond motifs is 1. The first-order chi connectivity index (χ1) is 18.4. The lowest BCUT2D eigenvalue weighted by Crippen LogP contribution is -2.34. The van der Waals surface area contributed by atoms with Gasteiger partial charge in [0.1, 0.15) is 5.82 Å². The van der Waals surface area contributed by atoms with Crippen molar-refractivity contribution in [3.8, 4) is 0 Å². The number of hydrogen-bond acceptors (Lipinski definition) is 5. The molecule has 0 bridgehead atoms. The molecule has 2 aromatic carbocycles.